The van der Waals surface area contributed by atoms with Gasteiger partial charge in [0.05, 0.1) is 18.7 Å². The molecule has 0 aromatic heterocycles. The SMILES string of the molecule is Cc1cccc(Br)c1N1CC(=O)CC1=O. The first-order valence-electron chi connectivity index (χ1n) is 4.67. The lowest BCUT2D eigenvalue weighted by atomic mass is 10.2. The predicted molar refractivity (Wildman–Crippen MR) is 60.9 cm³/mol. The Balaban J connectivity index is 2.46. The number of halogens is 1. The van der Waals surface area contributed by atoms with Crippen molar-refractivity contribution in [2.75, 3.05) is 11.4 Å². The molecule has 1 aromatic carbocycles. The van der Waals surface area contributed by atoms with Crippen molar-refractivity contribution < 1.29 is 9.59 Å². The molecule has 1 aliphatic heterocycles. The predicted octanol–water partition coefficient (Wildman–Crippen LogP) is 2.06. The molecule has 0 bridgehead atoms. The van der Waals surface area contributed by atoms with E-state index in [1.54, 1.807) is 4.90 Å². The van der Waals surface area contributed by atoms with Gasteiger partial charge < -0.3 is 4.90 Å². The second-order valence-corrected chi connectivity index (χ2v) is 4.46. The van der Waals surface area contributed by atoms with Gasteiger partial charge in [-0.2, -0.15) is 0 Å². The zero-order chi connectivity index (χ0) is 11.0. The number of carbonyl (C=O) groups excluding carboxylic acids is 2. The third kappa shape index (κ3) is 1.81. The van der Waals surface area contributed by atoms with E-state index in [1.807, 2.05) is 25.1 Å². The minimum atomic E-state index is -0.116. The second-order valence-electron chi connectivity index (χ2n) is 3.60. The third-order valence-corrected chi connectivity index (χ3v) is 3.08. The van der Waals surface area contributed by atoms with Gasteiger partial charge >= 0.3 is 0 Å². The fourth-order valence-electron chi connectivity index (χ4n) is 1.75. The molecule has 15 heavy (non-hydrogen) atoms. The van der Waals surface area contributed by atoms with Crippen molar-refractivity contribution in [1.29, 1.82) is 0 Å². The first-order valence-corrected chi connectivity index (χ1v) is 5.46. The van der Waals surface area contributed by atoms with Crippen LogP contribution >= 0.6 is 15.9 Å². The summed E-state index contributed by atoms with van der Waals surface area (Å²) in [5.41, 5.74) is 1.81. The van der Waals surface area contributed by atoms with Crippen LogP contribution in [0.3, 0.4) is 0 Å². The molecule has 0 N–H and O–H groups in total. The van der Waals surface area contributed by atoms with Gasteiger partial charge in [0, 0.05) is 4.47 Å². The van der Waals surface area contributed by atoms with Crippen LogP contribution in [0.15, 0.2) is 22.7 Å². The molecular weight excluding hydrogens is 258 g/mol. The average Bonchev–Trinajstić information content (AvgIpc) is 2.45. The summed E-state index contributed by atoms with van der Waals surface area (Å²) in [4.78, 5) is 24.3. The van der Waals surface area contributed by atoms with Crippen LogP contribution < -0.4 is 4.90 Å². The Morgan fingerprint density at radius 2 is 2.07 bits per heavy atom. The van der Waals surface area contributed by atoms with Crippen LogP contribution in [0, 0.1) is 6.92 Å². The second kappa shape index (κ2) is 3.77. The quantitative estimate of drug-likeness (QED) is 0.731. The number of anilines is 1. The molecule has 1 amide bonds. The summed E-state index contributed by atoms with van der Waals surface area (Å²) in [5, 5.41) is 0. The Bertz CT molecular complexity index is 422. The van der Waals surface area contributed by atoms with Gasteiger partial charge in [-0.25, -0.2) is 0 Å². The number of benzene rings is 1. The van der Waals surface area contributed by atoms with E-state index >= 15 is 0 Å². The van der Waals surface area contributed by atoms with E-state index in [4.69, 9.17) is 0 Å². The van der Waals surface area contributed by atoms with Crippen LogP contribution in [0.2, 0.25) is 0 Å². The normalized spacial score (nSPS) is 16.3. The van der Waals surface area contributed by atoms with Crippen molar-refractivity contribution >= 4 is 33.3 Å². The Kier molecular flexibility index (Phi) is 2.61. The molecule has 0 atom stereocenters. The molecule has 0 aliphatic carbocycles. The van der Waals surface area contributed by atoms with Crippen LogP contribution in [0.25, 0.3) is 0 Å². The topological polar surface area (TPSA) is 37.4 Å². The molecule has 0 saturated carbocycles. The molecule has 0 spiro atoms. The summed E-state index contributed by atoms with van der Waals surface area (Å²) < 4.78 is 0.852. The van der Waals surface area contributed by atoms with Gasteiger partial charge in [0.2, 0.25) is 5.91 Å². The Morgan fingerprint density at radius 3 is 2.60 bits per heavy atom. The first-order chi connectivity index (χ1) is 7.09. The van der Waals surface area contributed by atoms with Gasteiger partial charge in [0.1, 0.15) is 0 Å². The standard InChI is InChI=1S/C11H10BrNO2/c1-7-3-2-4-9(12)11(7)13-6-8(14)5-10(13)15/h2-4H,5-6H2,1H3. The Labute approximate surface area is 96.2 Å². The van der Waals surface area contributed by atoms with Gasteiger partial charge in [-0.05, 0) is 34.5 Å². The van der Waals surface area contributed by atoms with E-state index in [-0.39, 0.29) is 24.7 Å². The number of ketones is 1. The van der Waals surface area contributed by atoms with E-state index in [1.165, 1.54) is 0 Å². The summed E-state index contributed by atoms with van der Waals surface area (Å²) >= 11 is 3.40. The maximum atomic E-state index is 11.6. The zero-order valence-corrected chi connectivity index (χ0v) is 9.87. The fourth-order valence-corrected chi connectivity index (χ4v) is 2.43. The molecule has 1 heterocycles. The number of rotatable bonds is 1. The largest absolute Gasteiger partial charge is 0.303 e. The molecule has 78 valence electrons. The number of hydrogen-bond acceptors (Lipinski definition) is 2. The molecule has 1 fully saturated rings. The van der Waals surface area contributed by atoms with Crippen LogP contribution in [-0.4, -0.2) is 18.2 Å². The number of amides is 1. The summed E-state index contributed by atoms with van der Waals surface area (Å²) in [7, 11) is 0. The van der Waals surface area contributed by atoms with E-state index in [0.717, 1.165) is 15.7 Å². The number of nitrogens with zero attached hydrogens (tertiary/aromatic N) is 1. The fraction of sp³-hybridized carbons (Fsp3) is 0.273. The highest BCUT2D eigenvalue weighted by atomic mass is 79.9. The van der Waals surface area contributed by atoms with E-state index < -0.39 is 0 Å². The molecule has 3 nitrogen and oxygen atoms in total. The molecule has 1 saturated heterocycles. The molecule has 1 aromatic rings. The first kappa shape index (κ1) is 10.4. The van der Waals surface area contributed by atoms with Gasteiger partial charge in [0.15, 0.2) is 5.78 Å². The minimum Gasteiger partial charge on any atom is -0.303 e. The highest BCUT2D eigenvalue weighted by molar-refractivity contribution is 9.10. The highest BCUT2D eigenvalue weighted by Gasteiger charge is 2.30. The third-order valence-electron chi connectivity index (χ3n) is 2.44. The highest BCUT2D eigenvalue weighted by Crippen LogP contribution is 2.31. The smallest absolute Gasteiger partial charge is 0.234 e. The molecule has 0 radical (unpaired) electrons. The maximum absolute atomic E-state index is 11.6. The van der Waals surface area contributed by atoms with Crippen molar-refractivity contribution in [3.8, 4) is 0 Å². The van der Waals surface area contributed by atoms with Gasteiger partial charge in [-0.15, -0.1) is 0 Å². The van der Waals surface area contributed by atoms with E-state index in [2.05, 4.69) is 15.9 Å². The molecular formula is C11H10BrNO2. The monoisotopic (exact) mass is 267 g/mol. The molecule has 2 rings (SSSR count). The number of Topliss-reactive ketones (excluding diaryl/α,β-unsaturated/α-hetero) is 1. The lowest BCUT2D eigenvalue weighted by Crippen LogP contribution is -2.25. The summed E-state index contributed by atoms with van der Waals surface area (Å²) in [6.45, 7) is 2.12. The zero-order valence-electron chi connectivity index (χ0n) is 8.29. The van der Waals surface area contributed by atoms with Gasteiger partial charge in [-0.3, -0.25) is 9.59 Å². The summed E-state index contributed by atoms with van der Waals surface area (Å²) in [6, 6.07) is 5.71. The van der Waals surface area contributed by atoms with Crippen molar-refractivity contribution in [1.82, 2.24) is 0 Å². The lowest BCUT2D eigenvalue weighted by molar-refractivity contribution is -0.121. The number of aryl methyl sites for hydroxylation is 1. The number of para-hydroxylation sites is 1. The molecule has 0 unspecified atom stereocenters. The van der Waals surface area contributed by atoms with Crippen molar-refractivity contribution in [2.24, 2.45) is 0 Å². The van der Waals surface area contributed by atoms with Crippen molar-refractivity contribution in [3.63, 3.8) is 0 Å². The molecule has 4 heteroatoms. The number of hydrogen-bond donors (Lipinski definition) is 0. The van der Waals surface area contributed by atoms with Gasteiger partial charge in [0.25, 0.3) is 0 Å². The van der Waals surface area contributed by atoms with E-state index in [0.29, 0.717) is 0 Å². The Morgan fingerprint density at radius 1 is 1.33 bits per heavy atom. The molecule has 1 aliphatic rings. The minimum absolute atomic E-state index is 0.0184. The van der Waals surface area contributed by atoms with E-state index in [9.17, 15) is 9.59 Å². The summed E-state index contributed by atoms with van der Waals surface area (Å²) in [5.74, 6) is -0.134. The van der Waals surface area contributed by atoms with Crippen LogP contribution in [-0.2, 0) is 9.59 Å². The Hall–Kier alpha value is -1.16. The summed E-state index contributed by atoms with van der Waals surface area (Å²) in [6.07, 6.45) is 0.0285. The lowest BCUT2D eigenvalue weighted by Gasteiger charge is -2.18. The average molecular weight is 268 g/mol. The number of carbonyl (C=O) groups is 2. The van der Waals surface area contributed by atoms with Crippen molar-refractivity contribution in [2.45, 2.75) is 13.3 Å². The van der Waals surface area contributed by atoms with Crippen molar-refractivity contribution in [3.05, 3.63) is 28.2 Å². The van der Waals surface area contributed by atoms with Crippen LogP contribution in [0.5, 0.6) is 0 Å². The maximum Gasteiger partial charge on any atom is 0.234 e. The van der Waals surface area contributed by atoms with Gasteiger partial charge in [-0.1, -0.05) is 12.1 Å². The van der Waals surface area contributed by atoms with Crippen LogP contribution in [0.1, 0.15) is 12.0 Å². The van der Waals surface area contributed by atoms with Crippen LogP contribution in [0.4, 0.5) is 5.69 Å².